The van der Waals surface area contributed by atoms with Gasteiger partial charge in [0.2, 0.25) is 0 Å². The van der Waals surface area contributed by atoms with Crippen LogP contribution >= 0.6 is 0 Å². The molecule has 0 aromatic carbocycles. The van der Waals surface area contributed by atoms with Crippen molar-refractivity contribution in [2.24, 2.45) is 17.1 Å². The number of aliphatic hydroxyl groups excluding tert-OH is 1. The molecular formula is C11H21NO3S. The highest BCUT2D eigenvalue weighted by atomic mass is 32.2. The second kappa shape index (κ2) is 3.43. The van der Waals surface area contributed by atoms with E-state index in [0.717, 1.165) is 0 Å². The highest BCUT2D eigenvalue weighted by Crippen LogP contribution is 2.56. The summed E-state index contributed by atoms with van der Waals surface area (Å²) >= 11 is 0. The molecule has 1 heterocycles. The first kappa shape index (κ1) is 12.3. The van der Waals surface area contributed by atoms with Crippen LogP contribution in [0.1, 0.15) is 33.1 Å². The third-order valence-corrected chi connectivity index (χ3v) is 7.41. The summed E-state index contributed by atoms with van der Waals surface area (Å²) in [6, 6.07) is 0. The van der Waals surface area contributed by atoms with Crippen LogP contribution in [0.15, 0.2) is 0 Å². The van der Waals surface area contributed by atoms with Gasteiger partial charge in [0, 0.05) is 0 Å². The molecule has 4 nitrogen and oxygen atoms in total. The zero-order valence-corrected chi connectivity index (χ0v) is 10.8. The van der Waals surface area contributed by atoms with Crippen molar-refractivity contribution in [1.82, 2.24) is 0 Å². The first-order chi connectivity index (χ1) is 7.25. The average Bonchev–Trinajstić information content (AvgIpc) is 2.33. The van der Waals surface area contributed by atoms with E-state index in [4.69, 9.17) is 5.73 Å². The fourth-order valence-corrected chi connectivity index (χ4v) is 5.49. The molecule has 16 heavy (non-hydrogen) atoms. The van der Waals surface area contributed by atoms with Gasteiger partial charge in [-0.05, 0) is 51.0 Å². The monoisotopic (exact) mass is 247 g/mol. The molecular weight excluding hydrogens is 226 g/mol. The Balaban J connectivity index is 2.30. The van der Waals surface area contributed by atoms with Crippen LogP contribution in [0.4, 0.5) is 0 Å². The Morgan fingerprint density at radius 2 is 1.94 bits per heavy atom. The van der Waals surface area contributed by atoms with Crippen LogP contribution in [-0.2, 0) is 9.84 Å². The van der Waals surface area contributed by atoms with Crippen molar-refractivity contribution in [1.29, 1.82) is 0 Å². The van der Waals surface area contributed by atoms with Crippen molar-refractivity contribution >= 4 is 9.84 Å². The van der Waals surface area contributed by atoms with E-state index >= 15 is 0 Å². The van der Waals surface area contributed by atoms with Crippen molar-refractivity contribution in [2.75, 3.05) is 12.3 Å². The van der Waals surface area contributed by atoms with Crippen molar-refractivity contribution < 1.29 is 13.5 Å². The third kappa shape index (κ3) is 1.45. The van der Waals surface area contributed by atoms with Crippen molar-refractivity contribution in [2.45, 2.75) is 44.0 Å². The van der Waals surface area contributed by atoms with Gasteiger partial charge < -0.3 is 10.8 Å². The van der Waals surface area contributed by atoms with E-state index < -0.39 is 14.6 Å². The molecule has 1 aliphatic carbocycles. The Morgan fingerprint density at radius 3 is 2.25 bits per heavy atom. The minimum absolute atomic E-state index is 0.0957. The topological polar surface area (TPSA) is 80.4 Å². The summed E-state index contributed by atoms with van der Waals surface area (Å²) in [5.41, 5.74) is 5.67. The standard InChI is InChI=1S/C11H21NO3S/c1-10(2)9(3-4-16(10,14)15)11(7-12)5-8(13)6-11/h8-9,13H,3-7,12H2,1-2H3. The molecule has 0 aromatic rings. The minimum Gasteiger partial charge on any atom is -0.393 e. The predicted octanol–water partition coefficient (Wildman–Crippen LogP) is 0.299. The van der Waals surface area contributed by atoms with Gasteiger partial charge in [-0.3, -0.25) is 0 Å². The second-order valence-corrected chi connectivity index (χ2v) is 8.58. The maximum Gasteiger partial charge on any atom is 0.155 e. The Hall–Kier alpha value is -0.130. The van der Waals surface area contributed by atoms with Gasteiger partial charge in [0.1, 0.15) is 0 Å². The first-order valence-electron chi connectivity index (χ1n) is 5.86. The molecule has 94 valence electrons. The molecule has 5 heteroatoms. The Labute approximate surface area is 97.1 Å². The lowest BCUT2D eigenvalue weighted by molar-refractivity contribution is -0.0707. The number of hydrogen-bond donors (Lipinski definition) is 2. The molecule has 2 aliphatic rings. The smallest absolute Gasteiger partial charge is 0.155 e. The number of rotatable bonds is 2. The molecule has 1 unspecified atom stereocenters. The lowest BCUT2D eigenvalue weighted by Gasteiger charge is -2.52. The van der Waals surface area contributed by atoms with E-state index in [1.807, 2.05) is 13.8 Å². The Morgan fingerprint density at radius 1 is 1.38 bits per heavy atom. The van der Waals surface area contributed by atoms with Gasteiger partial charge in [-0.25, -0.2) is 8.42 Å². The quantitative estimate of drug-likeness (QED) is 0.735. The zero-order chi connectivity index (χ0) is 12.2. The fraction of sp³-hybridized carbons (Fsp3) is 1.00. The normalized spacial score (nSPS) is 45.2. The number of sulfone groups is 1. The molecule has 2 rings (SSSR count). The Kier molecular flexibility index (Phi) is 2.64. The summed E-state index contributed by atoms with van der Waals surface area (Å²) in [6.07, 6.45) is 1.72. The summed E-state index contributed by atoms with van der Waals surface area (Å²) in [6.45, 7) is 4.10. The van der Waals surface area contributed by atoms with Gasteiger partial charge in [-0.1, -0.05) is 0 Å². The van der Waals surface area contributed by atoms with Crippen LogP contribution < -0.4 is 5.73 Å². The van der Waals surface area contributed by atoms with Crippen LogP contribution in [0.2, 0.25) is 0 Å². The summed E-state index contributed by atoms with van der Waals surface area (Å²) < 4.78 is 23.3. The molecule has 1 saturated heterocycles. The third-order valence-electron chi connectivity index (χ3n) is 4.75. The molecule has 0 aromatic heterocycles. The molecule has 1 atom stereocenters. The van der Waals surface area contributed by atoms with Gasteiger partial charge in [0.05, 0.1) is 16.6 Å². The predicted molar refractivity (Wildman–Crippen MR) is 62.7 cm³/mol. The van der Waals surface area contributed by atoms with Gasteiger partial charge in [0.15, 0.2) is 9.84 Å². The number of hydrogen-bond acceptors (Lipinski definition) is 4. The van der Waals surface area contributed by atoms with Gasteiger partial charge in [0.25, 0.3) is 0 Å². The van der Waals surface area contributed by atoms with Gasteiger partial charge >= 0.3 is 0 Å². The molecule has 0 amide bonds. The molecule has 0 radical (unpaired) electrons. The number of nitrogens with two attached hydrogens (primary N) is 1. The fourth-order valence-electron chi connectivity index (χ4n) is 3.62. The number of aliphatic hydroxyl groups is 1. The van der Waals surface area contributed by atoms with Crippen LogP contribution in [0.25, 0.3) is 0 Å². The van der Waals surface area contributed by atoms with E-state index in [9.17, 15) is 13.5 Å². The molecule has 0 spiro atoms. The van der Waals surface area contributed by atoms with Crippen molar-refractivity contribution in [3.8, 4) is 0 Å². The maximum absolute atomic E-state index is 12.0. The van der Waals surface area contributed by atoms with E-state index in [2.05, 4.69) is 0 Å². The lowest BCUT2D eigenvalue weighted by atomic mass is 9.56. The molecule has 2 fully saturated rings. The van der Waals surface area contributed by atoms with E-state index in [1.165, 1.54) is 0 Å². The lowest BCUT2D eigenvalue weighted by Crippen LogP contribution is -2.56. The summed E-state index contributed by atoms with van der Waals surface area (Å²) in [5, 5.41) is 9.47. The van der Waals surface area contributed by atoms with E-state index in [0.29, 0.717) is 25.8 Å². The molecule has 0 bridgehead atoms. The van der Waals surface area contributed by atoms with Crippen LogP contribution in [0.5, 0.6) is 0 Å². The van der Waals surface area contributed by atoms with E-state index in [1.54, 1.807) is 0 Å². The Bertz CT molecular complexity index is 382. The zero-order valence-electron chi connectivity index (χ0n) is 9.94. The largest absolute Gasteiger partial charge is 0.393 e. The first-order valence-corrected chi connectivity index (χ1v) is 7.51. The molecule has 1 saturated carbocycles. The van der Waals surface area contributed by atoms with Crippen molar-refractivity contribution in [3.63, 3.8) is 0 Å². The second-order valence-electron chi connectivity index (χ2n) is 5.89. The molecule has 1 aliphatic heterocycles. The van der Waals surface area contributed by atoms with Crippen LogP contribution in [-0.4, -0.2) is 36.7 Å². The average molecular weight is 247 g/mol. The minimum atomic E-state index is -3.00. The SMILES string of the molecule is CC1(C)C(C2(CN)CC(O)C2)CCS1(=O)=O. The summed E-state index contributed by atoms with van der Waals surface area (Å²) in [5.74, 6) is 0.362. The van der Waals surface area contributed by atoms with Gasteiger partial charge in [-0.2, -0.15) is 0 Å². The highest BCUT2D eigenvalue weighted by molar-refractivity contribution is 7.93. The van der Waals surface area contributed by atoms with Crippen LogP contribution in [0, 0.1) is 11.3 Å². The maximum atomic E-state index is 12.0. The summed E-state index contributed by atoms with van der Waals surface area (Å²) in [7, 11) is -3.00. The van der Waals surface area contributed by atoms with Crippen LogP contribution in [0.3, 0.4) is 0 Å². The molecule has 3 N–H and O–H groups in total. The van der Waals surface area contributed by atoms with E-state index in [-0.39, 0.29) is 23.2 Å². The van der Waals surface area contributed by atoms with Crippen molar-refractivity contribution in [3.05, 3.63) is 0 Å². The highest BCUT2D eigenvalue weighted by Gasteiger charge is 2.59. The summed E-state index contributed by atoms with van der Waals surface area (Å²) in [4.78, 5) is 0. The van der Waals surface area contributed by atoms with Gasteiger partial charge in [-0.15, -0.1) is 0 Å².